The van der Waals surface area contributed by atoms with E-state index in [9.17, 15) is 5.11 Å². The van der Waals surface area contributed by atoms with Crippen molar-refractivity contribution in [3.05, 3.63) is 77.9 Å². The summed E-state index contributed by atoms with van der Waals surface area (Å²) in [5.74, 6) is 2.15. The number of benzene rings is 1. The third-order valence-electron chi connectivity index (χ3n) is 7.80. The van der Waals surface area contributed by atoms with E-state index in [0.29, 0.717) is 11.8 Å². The van der Waals surface area contributed by atoms with Crippen LogP contribution in [0.25, 0.3) is 0 Å². The predicted molar refractivity (Wildman–Crippen MR) is 136 cm³/mol. The highest BCUT2D eigenvalue weighted by molar-refractivity contribution is 7.99. The number of hydrogen-bond donors (Lipinski definition) is 1. The first kappa shape index (κ1) is 24.1. The highest BCUT2D eigenvalue weighted by Crippen LogP contribution is 2.50. The zero-order chi connectivity index (χ0) is 22.4. The minimum atomic E-state index is -0.359. The molecular formula is C29H40OS. The van der Waals surface area contributed by atoms with Crippen LogP contribution in [0.5, 0.6) is 0 Å². The summed E-state index contributed by atoms with van der Waals surface area (Å²) in [5.41, 5.74) is 5.26. The van der Waals surface area contributed by atoms with Crippen LogP contribution in [0.1, 0.15) is 65.7 Å². The summed E-state index contributed by atoms with van der Waals surface area (Å²) >= 11 is 1.95. The van der Waals surface area contributed by atoms with E-state index in [2.05, 4.69) is 76.4 Å². The molecule has 0 spiro atoms. The van der Waals surface area contributed by atoms with Crippen LogP contribution in [0.2, 0.25) is 0 Å². The van der Waals surface area contributed by atoms with Gasteiger partial charge < -0.3 is 5.11 Å². The number of aliphatic hydroxyl groups excluding tert-OH is 1. The van der Waals surface area contributed by atoms with Gasteiger partial charge in [0, 0.05) is 4.90 Å². The molecule has 2 saturated carbocycles. The van der Waals surface area contributed by atoms with E-state index in [-0.39, 0.29) is 11.5 Å². The summed E-state index contributed by atoms with van der Waals surface area (Å²) in [4.78, 5) is 1.35. The second-order valence-corrected chi connectivity index (χ2v) is 10.9. The normalized spacial score (nSPS) is 30.5. The molecule has 2 heteroatoms. The van der Waals surface area contributed by atoms with Crippen molar-refractivity contribution in [3.63, 3.8) is 0 Å². The van der Waals surface area contributed by atoms with Crippen molar-refractivity contribution < 1.29 is 5.11 Å². The number of allylic oxidation sites excluding steroid dienone is 4. The van der Waals surface area contributed by atoms with Crippen LogP contribution < -0.4 is 0 Å². The van der Waals surface area contributed by atoms with Gasteiger partial charge in [0.1, 0.15) is 0 Å². The van der Waals surface area contributed by atoms with Crippen molar-refractivity contribution in [2.75, 3.05) is 5.75 Å². The molecule has 0 amide bonds. The summed E-state index contributed by atoms with van der Waals surface area (Å²) in [5, 5.41) is 10.1. The Balaban J connectivity index is 1.64. The zero-order valence-corrected chi connectivity index (χ0v) is 20.5. The fourth-order valence-corrected chi connectivity index (χ4v) is 6.27. The molecule has 0 aliphatic heterocycles. The molecule has 1 nitrogen and oxygen atoms in total. The topological polar surface area (TPSA) is 20.2 Å². The third kappa shape index (κ3) is 5.84. The molecule has 1 aromatic carbocycles. The maximum atomic E-state index is 10.1. The van der Waals surface area contributed by atoms with Gasteiger partial charge in [-0.1, -0.05) is 75.4 Å². The average molecular weight is 437 g/mol. The van der Waals surface area contributed by atoms with Crippen LogP contribution in [0.15, 0.2) is 82.8 Å². The van der Waals surface area contributed by atoms with Crippen LogP contribution in [-0.4, -0.2) is 17.0 Å². The molecule has 2 aliphatic carbocycles. The van der Waals surface area contributed by atoms with E-state index in [1.165, 1.54) is 47.3 Å². The quantitative estimate of drug-likeness (QED) is 0.344. The van der Waals surface area contributed by atoms with Crippen LogP contribution >= 0.6 is 11.8 Å². The largest absolute Gasteiger partial charge is 0.388 e. The van der Waals surface area contributed by atoms with Gasteiger partial charge in [-0.05, 0) is 91.2 Å². The van der Waals surface area contributed by atoms with E-state index in [1.807, 2.05) is 11.8 Å². The fraction of sp³-hybridized carbons (Fsp3) is 0.517. The molecule has 4 atom stereocenters. The molecule has 0 aromatic heterocycles. The molecule has 0 saturated heterocycles. The van der Waals surface area contributed by atoms with Crippen molar-refractivity contribution in [3.8, 4) is 0 Å². The minimum Gasteiger partial charge on any atom is -0.388 e. The number of aliphatic hydroxyl groups is 1. The summed E-state index contributed by atoms with van der Waals surface area (Å²) < 4.78 is 0. The van der Waals surface area contributed by atoms with Gasteiger partial charge in [0.15, 0.2) is 0 Å². The van der Waals surface area contributed by atoms with Gasteiger partial charge in [-0.2, -0.15) is 0 Å². The molecule has 1 N–H and O–H groups in total. The van der Waals surface area contributed by atoms with E-state index < -0.39 is 0 Å². The number of rotatable bonds is 7. The lowest BCUT2D eigenvalue weighted by Gasteiger charge is -2.45. The summed E-state index contributed by atoms with van der Waals surface area (Å²) in [6, 6.07) is 10.7. The SMILES string of the molecule is C=C1/C(=C\C=C2/CCCC(C)(C(=C)[C@H](C)CCSc3ccccc3)C2C)CCCC1O. The maximum absolute atomic E-state index is 10.1. The maximum Gasteiger partial charge on any atom is 0.0787 e. The van der Waals surface area contributed by atoms with Gasteiger partial charge >= 0.3 is 0 Å². The van der Waals surface area contributed by atoms with E-state index in [1.54, 1.807) is 0 Å². The van der Waals surface area contributed by atoms with Gasteiger partial charge in [0.05, 0.1) is 6.10 Å². The van der Waals surface area contributed by atoms with Crippen LogP contribution in [0.3, 0.4) is 0 Å². The van der Waals surface area contributed by atoms with E-state index in [0.717, 1.165) is 30.6 Å². The second kappa shape index (κ2) is 10.9. The highest BCUT2D eigenvalue weighted by Gasteiger charge is 2.39. The molecule has 0 heterocycles. The lowest BCUT2D eigenvalue weighted by Crippen LogP contribution is -2.34. The number of thioether (sulfide) groups is 1. The molecule has 0 radical (unpaired) electrons. The Morgan fingerprint density at radius 3 is 2.71 bits per heavy atom. The van der Waals surface area contributed by atoms with Crippen molar-refractivity contribution in [1.29, 1.82) is 0 Å². The molecule has 1 aromatic rings. The molecule has 2 aliphatic rings. The number of hydrogen-bond acceptors (Lipinski definition) is 2. The smallest absolute Gasteiger partial charge is 0.0787 e. The predicted octanol–water partition coefficient (Wildman–Crippen LogP) is 8.14. The minimum absolute atomic E-state index is 0.155. The Morgan fingerprint density at radius 2 is 1.97 bits per heavy atom. The van der Waals surface area contributed by atoms with Gasteiger partial charge in [0.2, 0.25) is 0 Å². The molecule has 31 heavy (non-hydrogen) atoms. The standard InChI is InChI=1S/C29H40OS/c1-21(18-20-31-27-13-7-6-8-14-27)23(3)29(5)19-10-12-26(24(29)4)17-16-25-11-9-15-28(30)22(25)2/h6-8,13-14,16-17,21,24,28,30H,2-3,9-12,15,18-20H2,1,4-5H3/b25-16-,26-17+/t21-,24?,28?,29?/m1/s1. The second-order valence-electron chi connectivity index (χ2n) is 9.74. The van der Waals surface area contributed by atoms with Crippen LogP contribution in [0.4, 0.5) is 0 Å². The van der Waals surface area contributed by atoms with E-state index in [4.69, 9.17) is 0 Å². The molecule has 0 bridgehead atoms. The van der Waals surface area contributed by atoms with Crippen molar-refractivity contribution in [1.82, 2.24) is 0 Å². The van der Waals surface area contributed by atoms with Crippen LogP contribution in [0, 0.1) is 17.3 Å². The van der Waals surface area contributed by atoms with Crippen molar-refractivity contribution in [2.45, 2.75) is 76.7 Å². The van der Waals surface area contributed by atoms with Gasteiger partial charge in [0.25, 0.3) is 0 Å². The van der Waals surface area contributed by atoms with Gasteiger partial charge in [-0.3, -0.25) is 0 Å². The molecule has 168 valence electrons. The molecular weight excluding hydrogens is 396 g/mol. The summed E-state index contributed by atoms with van der Waals surface area (Å²) in [6.45, 7) is 15.9. The Hall–Kier alpha value is -1.51. The lowest BCUT2D eigenvalue weighted by molar-refractivity contribution is 0.191. The zero-order valence-electron chi connectivity index (χ0n) is 19.7. The summed E-state index contributed by atoms with van der Waals surface area (Å²) in [7, 11) is 0. The first-order valence-electron chi connectivity index (χ1n) is 12.0. The Labute approximate surface area is 194 Å². The van der Waals surface area contributed by atoms with E-state index >= 15 is 0 Å². The Bertz CT molecular complexity index is 834. The van der Waals surface area contributed by atoms with Crippen molar-refractivity contribution in [2.24, 2.45) is 17.3 Å². The fourth-order valence-electron chi connectivity index (χ4n) is 5.21. The van der Waals surface area contributed by atoms with Crippen molar-refractivity contribution >= 4 is 11.8 Å². The van der Waals surface area contributed by atoms with Gasteiger partial charge in [-0.25, -0.2) is 0 Å². The summed E-state index contributed by atoms with van der Waals surface area (Å²) in [6.07, 6.45) is 11.9. The third-order valence-corrected chi connectivity index (χ3v) is 8.85. The average Bonchev–Trinajstić information content (AvgIpc) is 2.77. The molecule has 2 fully saturated rings. The Morgan fingerprint density at radius 1 is 1.23 bits per heavy atom. The highest BCUT2D eigenvalue weighted by atomic mass is 32.2. The van der Waals surface area contributed by atoms with Crippen LogP contribution in [-0.2, 0) is 0 Å². The molecule has 3 unspecified atom stereocenters. The Kier molecular flexibility index (Phi) is 8.47. The lowest BCUT2D eigenvalue weighted by atomic mass is 9.60. The monoisotopic (exact) mass is 436 g/mol. The first-order chi connectivity index (χ1) is 14.8. The van der Waals surface area contributed by atoms with Gasteiger partial charge in [-0.15, -0.1) is 11.8 Å². The first-order valence-corrected chi connectivity index (χ1v) is 13.0. The molecule has 3 rings (SSSR count).